The van der Waals surface area contributed by atoms with Gasteiger partial charge in [-0.1, -0.05) is 37.6 Å². The van der Waals surface area contributed by atoms with Crippen LogP contribution in [0.5, 0.6) is 11.5 Å². The van der Waals surface area contributed by atoms with E-state index in [0.717, 1.165) is 53.0 Å². The Balaban J connectivity index is 1.84. The lowest BCUT2D eigenvalue weighted by molar-refractivity contribution is 0.313. The van der Waals surface area contributed by atoms with Gasteiger partial charge in [0.05, 0.1) is 18.9 Å². The first-order valence-corrected chi connectivity index (χ1v) is 9.23. The predicted octanol–water partition coefficient (Wildman–Crippen LogP) is 6.17. The molecule has 0 aliphatic rings. The molecular weight excluding hydrogens is 322 g/mol. The van der Waals surface area contributed by atoms with Crippen molar-refractivity contribution < 1.29 is 9.47 Å². The number of nitrogens with zero attached hydrogens (tertiary/aromatic N) is 1. The van der Waals surface area contributed by atoms with E-state index in [9.17, 15) is 0 Å². The minimum Gasteiger partial charge on any atom is -0.494 e. The Morgan fingerprint density at radius 1 is 0.846 bits per heavy atom. The predicted molar refractivity (Wildman–Crippen MR) is 109 cm³/mol. The second-order valence-electron chi connectivity index (χ2n) is 6.09. The van der Waals surface area contributed by atoms with Gasteiger partial charge in [0.25, 0.3) is 0 Å². The molecule has 0 saturated heterocycles. The molecule has 134 valence electrons. The highest BCUT2D eigenvalue weighted by Gasteiger charge is 2.05. The maximum atomic E-state index is 5.96. The summed E-state index contributed by atoms with van der Waals surface area (Å²) < 4.78 is 11.4. The van der Waals surface area contributed by atoms with Crippen LogP contribution in [-0.2, 0) is 0 Å². The lowest BCUT2D eigenvalue weighted by Crippen LogP contribution is -1.98. The standard InChI is InChI=1S/C23H25NO2/c1-3-5-16-26-23-15-10-18(21-8-6-7-9-22(21)23)17-24-19-11-13-20(14-12-19)25-4-2/h6-15,17H,3-5,16H2,1-2H3. The third-order valence-electron chi connectivity index (χ3n) is 4.17. The van der Waals surface area contributed by atoms with Crippen molar-refractivity contribution in [2.45, 2.75) is 26.7 Å². The van der Waals surface area contributed by atoms with Crippen LogP contribution in [0.15, 0.2) is 65.7 Å². The van der Waals surface area contributed by atoms with Crippen molar-refractivity contribution >= 4 is 22.7 Å². The van der Waals surface area contributed by atoms with Crippen LogP contribution < -0.4 is 9.47 Å². The van der Waals surface area contributed by atoms with Crippen LogP contribution in [0.1, 0.15) is 32.3 Å². The molecular formula is C23H25NO2. The van der Waals surface area contributed by atoms with Crippen molar-refractivity contribution in [3.05, 3.63) is 66.2 Å². The fraction of sp³-hybridized carbons (Fsp3) is 0.261. The van der Waals surface area contributed by atoms with E-state index in [1.165, 1.54) is 0 Å². The van der Waals surface area contributed by atoms with Gasteiger partial charge in [-0.3, -0.25) is 4.99 Å². The molecule has 0 aliphatic carbocycles. The van der Waals surface area contributed by atoms with Gasteiger partial charge in [0.2, 0.25) is 0 Å². The van der Waals surface area contributed by atoms with Crippen LogP contribution in [0.3, 0.4) is 0 Å². The molecule has 3 aromatic rings. The molecule has 0 spiro atoms. The number of ether oxygens (including phenoxy) is 2. The van der Waals surface area contributed by atoms with Crippen LogP contribution in [0.2, 0.25) is 0 Å². The van der Waals surface area contributed by atoms with Gasteiger partial charge in [-0.05, 0) is 55.1 Å². The van der Waals surface area contributed by atoms with Gasteiger partial charge < -0.3 is 9.47 Å². The lowest BCUT2D eigenvalue weighted by Gasteiger charge is -2.10. The molecule has 0 aromatic heterocycles. The van der Waals surface area contributed by atoms with Crippen LogP contribution >= 0.6 is 0 Å². The van der Waals surface area contributed by atoms with Crippen LogP contribution in [0, 0.1) is 0 Å². The number of rotatable bonds is 8. The van der Waals surface area contributed by atoms with Crippen molar-refractivity contribution in [2.24, 2.45) is 4.99 Å². The topological polar surface area (TPSA) is 30.8 Å². The van der Waals surface area contributed by atoms with Crippen LogP contribution in [0.4, 0.5) is 5.69 Å². The first-order chi connectivity index (χ1) is 12.8. The lowest BCUT2D eigenvalue weighted by atomic mass is 10.0. The number of benzene rings is 3. The second-order valence-corrected chi connectivity index (χ2v) is 6.09. The number of fused-ring (bicyclic) bond motifs is 1. The Bertz CT molecular complexity index is 869. The second kappa shape index (κ2) is 9.04. The highest BCUT2D eigenvalue weighted by atomic mass is 16.5. The Morgan fingerprint density at radius 3 is 2.35 bits per heavy atom. The molecule has 0 amide bonds. The fourth-order valence-corrected chi connectivity index (χ4v) is 2.80. The van der Waals surface area contributed by atoms with E-state index in [4.69, 9.17) is 9.47 Å². The molecule has 3 heteroatoms. The average Bonchev–Trinajstić information content (AvgIpc) is 2.69. The number of hydrogen-bond donors (Lipinski definition) is 0. The fourth-order valence-electron chi connectivity index (χ4n) is 2.80. The normalized spacial score (nSPS) is 11.2. The van der Waals surface area contributed by atoms with Crippen molar-refractivity contribution in [3.8, 4) is 11.5 Å². The molecule has 0 aliphatic heterocycles. The summed E-state index contributed by atoms with van der Waals surface area (Å²) in [5.41, 5.74) is 1.98. The number of aliphatic imine (C=N–C) groups is 1. The summed E-state index contributed by atoms with van der Waals surface area (Å²) in [5, 5.41) is 2.27. The van der Waals surface area contributed by atoms with Gasteiger partial charge in [-0.2, -0.15) is 0 Å². The van der Waals surface area contributed by atoms with E-state index in [2.05, 4.69) is 30.1 Å². The number of hydrogen-bond acceptors (Lipinski definition) is 3. The van der Waals surface area contributed by atoms with Gasteiger partial charge >= 0.3 is 0 Å². The SMILES string of the molecule is CCCCOc1ccc(C=Nc2ccc(OCC)cc2)c2ccccc12. The summed E-state index contributed by atoms with van der Waals surface area (Å²) in [6, 6.07) is 20.2. The minimum atomic E-state index is 0.668. The molecule has 0 radical (unpaired) electrons. The molecule has 26 heavy (non-hydrogen) atoms. The van der Waals surface area contributed by atoms with Crippen molar-refractivity contribution in [1.29, 1.82) is 0 Å². The molecule has 0 unspecified atom stereocenters. The molecule has 3 aromatic carbocycles. The summed E-state index contributed by atoms with van der Waals surface area (Å²) in [7, 11) is 0. The molecule has 0 N–H and O–H groups in total. The average molecular weight is 347 g/mol. The first kappa shape index (κ1) is 18.0. The Morgan fingerprint density at radius 2 is 1.62 bits per heavy atom. The van der Waals surface area contributed by atoms with Gasteiger partial charge in [0, 0.05) is 17.2 Å². The highest BCUT2D eigenvalue weighted by molar-refractivity contribution is 6.02. The summed E-state index contributed by atoms with van der Waals surface area (Å²) in [6.45, 7) is 5.57. The van der Waals surface area contributed by atoms with E-state index in [1.807, 2.05) is 55.6 Å². The van der Waals surface area contributed by atoms with Crippen LogP contribution in [0.25, 0.3) is 10.8 Å². The third-order valence-corrected chi connectivity index (χ3v) is 4.17. The van der Waals surface area contributed by atoms with Crippen LogP contribution in [-0.4, -0.2) is 19.4 Å². The van der Waals surface area contributed by atoms with E-state index in [0.29, 0.717) is 6.61 Å². The monoisotopic (exact) mass is 347 g/mol. The first-order valence-electron chi connectivity index (χ1n) is 9.23. The largest absolute Gasteiger partial charge is 0.494 e. The summed E-state index contributed by atoms with van der Waals surface area (Å²) in [4.78, 5) is 4.61. The zero-order chi connectivity index (χ0) is 18.2. The maximum Gasteiger partial charge on any atom is 0.127 e. The molecule has 0 fully saturated rings. The molecule has 3 nitrogen and oxygen atoms in total. The highest BCUT2D eigenvalue weighted by Crippen LogP contribution is 2.28. The van der Waals surface area contributed by atoms with E-state index >= 15 is 0 Å². The summed E-state index contributed by atoms with van der Waals surface area (Å²) >= 11 is 0. The zero-order valence-electron chi connectivity index (χ0n) is 15.4. The molecule has 0 atom stereocenters. The van der Waals surface area contributed by atoms with E-state index < -0.39 is 0 Å². The summed E-state index contributed by atoms with van der Waals surface area (Å²) in [6.07, 6.45) is 4.11. The summed E-state index contributed by atoms with van der Waals surface area (Å²) in [5.74, 6) is 1.80. The Hall–Kier alpha value is -2.81. The number of unbranched alkanes of at least 4 members (excludes halogenated alkanes) is 1. The Kier molecular flexibility index (Phi) is 6.26. The van der Waals surface area contributed by atoms with Gasteiger partial charge in [-0.25, -0.2) is 0 Å². The molecule has 0 heterocycles. The Labute approximate surface area is 155 Å². The minimum absolute atomic E-state index is 0.668. The van der Waals surface area contributed by atoms with Gasteiger partial charge in [-0.15, -0.1) is 0 Å². The quantitative estimate of drug-likeness (QED) is 0.360. The third kappa shape index (κ3) is 4.42. The van der Waals surface area contributed by atoms with Gasteiger partial charge in [0.1, 0.15) is 11.5 Å². The molecule has 3 rings (SSSR count). The van der Waals surface area contributed by atoms with Crippen molar-refractivity contribution in [3.63, 3.8) is 0 Å². The van der Waals surface area contributed by atoms with Gasteiger partial charge in [0.15, 0.2) is 0 Å². The smallest absolute Gasteiger partial charge is 0.127 e. The van der Waals surface area contributed by atoms with E-state index in [-0.39, 0.29) is 0 Å². The van der Waals surface area contributed by atoms with Crippen molar-refractivity contribution in [1.82, 2.24) is 0 Å². The molecule has 0 saturated carbocycles. The van der Waals surface area contributed by atoms with Crippen molar-refractivity contribution in [2.75, 3.05) is 13.2 Å². The zero-order valence-corrected chi connectivity index (χ0v) is 15.4. The molecule has 0 bridgehead atoms. The maximum absolute atomic E-state index is 5.96. The van der Waals surface area contributed by atoms with E-state index in [1.54, 1.807) is 0 Å².